The van der Waals surface area contributed by atoms with Gasteiger partial charge in [0.1, 0.15) is 5.75 Å². The van der Waals surface area contributed by atoms with Crippen molar-refractivity contribution in [1.29, 1.82) is 0 Å². The smallest absolute Gasteiger partial charge is 0.228 e. The Labute approximate surface area is 234 Å². The average molecular weight is 536 g/mol. The second-order valence-corrected chi connectivity index (χ2v) is 11.5. The van der Waals surface area contributed by atoms with E-state index in [2.05, 4.69) is 41.5 Å². The average Bonchev–Trinajstić information content (AvgIpc) is 3.33. The van der Waals surface area contributed by atoms with E-state index in [1.807, 2.05) is 42.5 Å². The van der Waals surface area contributed by atoms with Crippen LogP contribution in [-0.4, -0.2) is 12.5 Å². The highest BCUT2D eigenvalue weighted by Gasteiger charge is 2.14. The van der Waals surface area contributed by atoms with Gasteiger partial charge in [-0.05, 0) is 25.5 Å². The first-order valence-corrected chi connectivity index (χ1v) is 15.6. The lowest BCUT2D eigenvalue weighted by atomic mass is 10.1. The lowest BCUT2D eigenvalue weighted by molar-refractivity contribution is -0.683. The number of nitrogens with zero attached hydrogens (tertiary/aromatic N) is 1. The Morgan fingerprint density at radius 1 is 0.816 bits per heavy atom. The monoisotopic (exact) mass is 535 g/mol. The molecule has 4 nitrogen and oxygen atoms in total. The van der Waals surface area contributed by atoms with Crippen molar-refractivity contribution in [1.82, 2.24) is 0 Å². The maximum absolute atomic E-state index is 13.0. The van der Waals surface area contributed by atoms with E-state index >= 15 is 0 Å². The Kier molecular flexibility index (Phi) is 14.0. The molecule has 1 amide bonds. The van der Waals surface area contributed by atoms with Crippen LogP contribution >= 0.6 is 11.3 Å². The van der Waals surface area contributed by atoms with Crippen molar-refractivity contribution >= 4 is 22.9 Å². The van der Waals surface area contributed by atoms with E-state index in [1.165, 1.54) is 75.5 Å². The predicted molar refractivity (Wildman–Crippen MR) is 160 cm³/mol. The van der Waals surface area contributed by atoms with E-state index in [0.29, 0.717) is 13.0 Å². The van der Waals surface area contributed by atoms with Gasteiger partial charge in [-0.15, -0.1) is 0 Å². The molecule has 1 N–H and O–H groups in total. The number of thiazole rings is 1. The molecule has 0 aliphatic rings. The van der Waals surface area contributed by atoms with Gasteiger partial charge in [0.2, 0.25) is 11.4 Å². The Morgan fingerprint density at radius 2 is 1.42 bits per heavy atom. The zero-order valence-corrected chi connectivity index (χ0v) is 24.4. The van der Waals surface area contributed by atoms with Crippen LogP contribution in [0.15, 0.2) is 60.2 Å². The molecule has 0 saturated heterocycles. The molecule has 5 heteroatoms. The standard InChI is InChI=1S/C33H46N2O2S/c1-3-4-5-6-7-8-9-10-11-12-13-18-23-37-32-22-17-15-19-29(32)24-33(36)34-31-21-16-14-20-30(31)26-35-25-28(2)38-27-35/h14-17,19-22,25,27H,3-13,18,23-24,26H2,1-2H3/p+1. The van der Waals surface area contributed by atoms with E-state index < -0.39 is 0 Å². The van der Waals surface area contributed by atoms with Gasteiger partial charge >= 0.3 is 0 Å². The summed E-state index contributed by atoms with van der Waals surface area (Å²) < 4.78 is 8.26. The molecule has 0 fully saturated rings. The number of amides is 1. The third-order valence-corrected chi connectivity index (χ3v) is 7.80. The molecule has 3 rings (SSSR count). The molecule has 0 spiro atoms. The number of rotatable bonds is 19. The molecule has 0 saturated carbocycles. The maximum Gasteiger partial charge on any atom is 0.228 e. The fourth-order valence-corrected chi connectivity index (χ4v) is 5.42. The minimum Gasteiger partial charge on any atom is -0.493 e. The molecule has 0 radical (unpaired) electrons. The zero-order chi connectivity index (χ0) is 26.8. The van der Waals surface area contributed by atoms with Gasteiger partial charge in [-0.2, -0.15) is 4.57 Å². The Hall–Kier alpha value is -2.66. The summed E-state index contributed by atoms with van der Waals surface area (Å²) in [4.78, 5) is 14.2. The second kappa shape index (κ2) is 17.8. The van der Waals surface area contributed by atoms with Crippen LogP contribution in [0.1, 0.15) is 100.0 Å². The summed E-state index contributed by atoms with van der Waals surface area (Å²) in [7, 11) is 0. The molecule has 3 aromatic rings. The number of nitrogens with one attached hydrogen (secondary N) is 1. The summed E-state index contributed by atoms with van der Waals surface area (Å²) >= 11 is 1.73. The summed E-state index contributed by atoms with van der Waals surface area (Å²) in [5.41, 5.74) is 5.01. The molecule has 0 unspecified atom stereocenters. The zero-order valence-electron chi connectivity index (χ0n) is 23.6. The van der Waals surface area contributed by atoms with Crippen LogP contribution < -0.4 is 14.6 Å². The van der Waals surface area contributed by atoms with E-state index in [0.717, 1.165) is 35.5 Å². The van der Waals surface area contributed by atoms with Gasteiger partial charge in [0.05, 0.1) is 23.6 Å². The first kappa shape index (κ1) is 29.9. The van der Waals surface area contributed by atoms with Crippen molar-refractivity contribution in [3.63, 3.8) is 0 Å². The summed E-state index contributed by atoms with van der Waals surface area (Å²) in [5.74, 6) is 0.800. The van der Waals surface area contributed by atoms with E-state index in [1.54, 1.807) is 11.3 Å². The van der Waals surface area contributed by atoms with Crippen molar-refractivity contribution in [2.45, 2.75) is 104 Å². The normalized spacial score (nSPS) is 11.0. The summed E-state index contributed by atoms with van der Waals surface area (Å²) in [6, 6.07) is 16.0. The van der Waals surface area contributed by atoms with Gasteiger partial charge in [-0.1, -0.05) is 125 Å². The fraction of sp³-hybridized carbons (Fsp3) is 0.515. The number of hydrogen-bond donors (Lipinski definition) is 1. The molecule has 1 heterocycles. The molecular weight excluding hydrogens is 488 g/mol. The fourth-order valence-electron chi connectivity index (χ4n) is 4.79. The van der Waals surface area contributed by atoms with Crippen molar-refractivity contribution < 1.29 is 14.1 Å². The van der Waals surface area contributed by atoms with Crippen LogP contribution in [0.3, 0.4) is 0 Å². The number of ether oxygens (including phenoxy) is 1. The van der Waals surface area contributed by atoms with Crippen LogP contribution in [0.4, 0.5) is 5.69 Å². The molecule has 206 valence electrons. The molecule has 2 aromatic carbocycles. The number of para-hydroxylation sites is 2. The van der Waals surface area contributed by atoms with Crippen molar-refractivity contribution in [3.8, 4) is 5.75 Å². The summed E-state index contributed by atoms with van der Waals surface area (Å²) in [5, 5.41) is 3.13. The summed E-state index contributed by atoms with van der Waals surface area (Å²) in [6.07, 6.45) is 18.4. The van der Waals surface area contributed by atoms with Gasteiger partial charge < -0.3 is 10.1 Å². The third kappa shape index (κ3) is 11.4. The number of carbonyl (C=O) groups excluding carboxylic acids is 1. The van der Waals surface area contributed by atoms with Gasteiger partial charge in [-0.3, -0.25) is 4.79 Å². The molecule has 0 atom stereocenters. The van der Waals surface area contributed by atoms with Crippen LogP contribution in [0, 0.1) is 6.92 Å². The Morgan fingerprint density at radius 3 is 2.08 bits per heavy atom. The SMILES string of the molecule is CCCCCCCCCCCCCCOc1ccccc1CC(=O)Nc1ccccc1C[n+]1csc(C)c1. The Bertz CT molecular complexity index is 1080. The maximum atomic E-state index is 13.0. The number of aromatic nitrogens is 1. The van der Waals surface area contributed by atoms with Crippen LogP contribution in [0.25, 0.3) is 0 Å². The number of aryl methyl sites for hydroxylation is 1. The second-order valence-electron chi connectivity index (χ2n) is 10.4. The van der Waals surface area contributed by atoms with E-state index in [9.17, 15) is 4.79 Å². The highest BCUT2D eigenvalue weighted by molar-refractivity contribution is 7.09. The summed E-state index contributed by atoms with van der Waals surface area (Å²) in [6.45, 7) is 5.82. The first-order chi connectivity index (χ1) is 18.7. The number of benzene rings is 2. The number of unbranched alkanes of at least 4 members (excludes halogenated alkanes) is 11. The van der Waals surface area contributed by atoms with Gasteiger partial charge in [-0.25, -0.2) is 0 Å². The van der Waals surface area contributed by atoms with Crippen LogP contribution in [0.2, 0.25) is 0 Å². The molecule has 0 aliphatic heterocycles. The molecule has 0 aliphatic carbocycles. The third-order valence-electron chi connectivity index (χ3n) is 6.95. The van der Waals surface area contributed by atoms with Gasteiger partial charge in [0.25, 0.3) is 0 Å². The molecular formula is C33H47N2O2S+. The first-order valence-electron chi connectivity index (χ1n) is 14.7. The van der Waals surface area contributed by atoms with Crippen molar-refractivity contribution in [2.24, 2.45) is 0 Å². The number of carbonyl (C=O) groups is 1. The minimum absolute atomic E-state index is 0.0228. The Balaban J connectivity index is 1.35. The molecule has 0 bridgehead atoms. The van der Waals surface area contributed by atoms with Gasteiger partial charge in [0, 0.05) is 11.1 Å². The number of hydrogen-bond acceptors (Lipinski definition) is 3. The van der Waals surface area contributed by atoms with Crippen LogP contribution in [0.5, 0.6) is 5.75 Å². The lowest BCUT2D eigenvalue weighted by Gasteiger charge is -2.13. The number of anilines is 1. The van der Waals surface area contributed by atoms with Crippen molar-refractivity contribution in [3.05, 3.63) is 76.2 Å². The van der Waals surface area contributed by atoms with Crippen LogP contribution in [-0.2, 0) is 17.8 Å². The van der Waals surface area contributed by atoms with Gasteiger partial charge in [0.15, 0.2) is 12.7 Å². The minimum atomic E-state index is -0.0228. The predicted octanol–water partition coefficient (Wildman–Crippen LogP) is 8.65. The van der Waals surface area contributed by atoms with Crippen molar-refractivity contribution in [2.75, 3.05) is 11.9 Å². The highest BCUT2D eigenvalue weighted by Crippen LogP contribution is 2.21. The quantitative estimate of drug-likeness (QED) is 0.123. The highest BCUT2D eigenvalue weighted by atomic mass is 32.1. The molecule has 38 heavy (non-hydrogen) atoms. The largest absolute Gasteiger partial charge is 0.493 e. The topological polar surface area (TPSA) is 42.2 Å². The lowest BCUT2D eigenvalue weighted by Crippen LogP contribution is -2.31. The van der Waals surface area contributed by atoms with E-state index in [4.69, 9.17) is 4.74 Å². The molecule has 1 aromatic heterocycles. The van der Waals surface area contributed by atoms with E-state index in [-0.39, 0.29) is 5.91 Å².